The summed E-state index contributed by atoms with van der Waals surface area (Å²) in [5, 5.41) is 0. The van der Waals surface area contributed by atoms with E-state index >= 15 is 0 Å². The van der Waals surface area contributed by atoms with Gasteiger partial charge in [0.05, 0.1) is 0 Å². The van der Waals surface area contributed by atoms with Gasteiger partial charge in [0.1, 0.15) is 0 Å². The molecule has 0 aromatic carbocycles. The highest BCUT2D eigenvalue weighted by atomic mass is 28.4. The molecule has 0 aromatic rings. The van der Waals surface area contributed by atoms with E-state index in [4.69, 9.17) is 39.8 Å². The average Bonchev–Trinajstić information content (AvgIpc) is 2.90. The summed E-state index contributed by atoms with van der Waals surface area (Å²) in [6, 6.07) is 6.29. The summed E-state index contributed by atoms with van der Waals surface area (Å²) in [6.07, 6.45) is 3.21. The van der Waals surface area contributed by atoms with Crippen molar-refractivity contribution in [2.24, 2.45) is 0 Å². The fraction of sp³-hybridized carbons (Fsp3) is 1.00. The molecule has 0 radical (unpaired) electrons. The summed E-state index contributed by atoms with van der Waals surface area (Å²) in [5.74, 6) is 0. The van der Waals surface area contributed by atoms with E-state index in [-0.39, 0.29) is 0 Å². The van der Waals surface area contributed by atoms with E-state index in [1.165, 1.54) is 18.1 Å². The molecule has 0 amide bonds. The van der Waals surface area contributed by atoms with Crippen LogP contribution in [0.4, 0.5) is 0 Å². The molecular formula is C27H64O9Si4. The predicted octanol–water partition coefficient (Wildman–Crippen LogP) is 6.53. The minimum atomic E-state index is -2.63. The zero-order chi connectivity index (χ0) is 30.2. The normalized spacial score (nSPS) is 13.1. The second-order valence-electron chi connectivity index (χ2n) is 9.49. The third kappa shape index (κ3) is 16.4. The standard InChI is InChI=1S/C27H64O9Si4/c1-10-28-38(29-11-2,30-12-3)25-19-22-37(23-20-26-39(31-13-4,32-14-5)33-15-6)24-21-27-40(34-16-7,35-17-8)36-18-9/h37H,10-27H2,1-9H3. The Hall–Kier alpha value is 0.508. The van der Waals surface area contributed by atoms with Crippen molar-refractivity contribution in [2.45, 2.75) is 118 Å². The van der Waals surface area contributed by atoms with Crippen molar-refractivity contribution in [3.63, 3.8) is 0 Å². The largest absolute Gasteiger partial charge is 0.500 e. The van der Waals surface area contributed by atoms with E-state index in [1.54, 1.807) is 0 Å². The van der Waals surface area contributed by atoms with E-state index in [2.05, 4.69) is 0 Å². The van der Waals surface area contributed by atoms with Gasteiger partial charge in [-0.25, -0.2) is 0 Å². The third-order valence-electron chi connectivity index (χ3n) is 6.56. The van der Waals surface area contributed by atoms with Crippen molar-refractivity contribution in [3.05, 3.63) is 0 Å². The predicted molar refractivity (Wildman–Crippen MR) is 172 cm³/mol. The van der Waals surface area contributed by atoms with Crippen LogP contribution in [-0.4, -0.2) is 94.7 Å². The summed E-state index contributed by atoms with van der Waals surface area (Å²) in [5.41, 5.74) is 0. The van der Waals surface area contributed by atoms with Gasteiger partial charge >= 0.3 is 26.4 Å². The summed E-state index contributed by atoms with van der Waals surface area (Å²) < 4.78 is 55.1. The molecule has 40 heavy (non-hydrogen) atoms. The highest BCUT2D eigenvalue weighted by molar-refractivity contribution is 6.63. The van der Waals surface area contributed by atoms with Crippen molar-refractivity contribution >= 4 is 35.2 Å². The lowest BCUT2D eigenvalue weighted by Crippen LogP contribution is -2.46. The van der Waals surface area contributed by atoms with Crippen LogP contribution in [0, 0.1) is 0 Å². The molecule has 0 aliphatic heterocycles. The Morgan fingerprint density at radius 3 is 0.650 bits per heavy atom. The van der Waals surface area contributed by atoms with Gasteiger partial charge in [-0.2, -0.15) is 0 Å². The van der Waals surface area contributed by atoms with Crippen molar-refractivity contribution in [1.29, 1.82) is 0 Å². The van der Waals surface area contributed by atoms with E-state index in [0.717, 1.165) is 37.4 Å². The minimum absolute atomic E-state index is 0.616. The first-order valence-corrected chi connectivity index (χ1v) is 24.3. The Balaban J connectivity index is 5.51. The molecule has 0 spiro atoms. The maximum Gasteiger partial charge on any atom is 0.500 e. The van der Waals surface area contributed by atoms with E-state index in [9.17, 15) is 0 Å². The molecule has 0 fully saturated rings. The molecular weight excluding hydrogens is 581 g/mol. The molecule has 0 saturated carbocycles. The quantitative estimate of drug-likeness (QED) is 0.0811. The molecule has 13 heteroatoms. The van der Waals surface area contributed by atoms with Crippen molar-refractivity contribution < 1.29 is 39.8 Å². The molecule has 242 valence electrons. The van der Waals surface area contributed by atoms with Crippen molar-refractivity contribution in [1.82, 2.24) is 0 Å². The van der Waals surface area contributed by atoms with Crippen LogP contribution in [0.25, 0.3) is 0 Å². The average molecular weight is 645 g/mol. The Bertz CT molecular complexity index is 451. The van der Waals surface area contributed by atoms with Gasteiger partial charge in [0.2, 0.25) is 0 Å². The summed E-state index contributed by atoms with van der Waals surface area (Å²) in [7, 11) is -9.01. The smallest absolute Gasteiger partial charge is 0.374 e. The zero-order valence-corrected chi connectivity index (χ0v) is 31.6. The second-order valence-corrected chi connectivity index (χ2v) is 21.1. The van der Waals surface area contributed by atoms with Crippen LogP contribution in [0.15, 0.2) is 0 Å². The SMILES string of the molecule is CCO[Si](CCC[SiH](CCC[Si](OCC)(OCC)OCC)CCC[Si](OCC)(OCC)OCC)(OCC)OCC. The molecule has 9 nitrogen and oxygen atoms in total. The molecule has 0 heterocycles. The Morgan fingerprint density at radius 2 is 0.500 bits per heavy atom. The maximum atomic E-state index is 6.13. The van der Waals surface area contributed by atoms with Crippen molar-refractivity contribution in [3.8, 4) is 0 Å². The van der Waals surface area contributed by atoms with E-state index in [0.29, 0.717) is 59.5 Å². The van der Waals surface area contributed by atoms with E-state index in [1.807, 2.05) is 62.3 Å². The van der Waals surface area contributed by atoms with Crippen molar-refractivity contribution in [2.75, 3.05) is 59.5 Å². The van der Waals surface area contributed by atoms with Crippen LogP contribution >= 0.6 is 0 Å². The van der Waals surface area contributed by atoms with Gasteiger partial charge < -0.3 is 39.8 Å². The summed E-state index contributed by atoms with van der Waals surface area (Å²) in [6.45, 7) is 23.7. The Morgan fingerprint density at radius 1 is 0.325 bits per heavy atom. The van der Waals surface area contributed by atoms with Gasteiger partial charge in [-0.3, -0.25) is 0 Å². The molecule has 0 atom stereocenters. The molecule has 0 aliphatic carbocycles. The van der Waals surface area contributed by atoms with Gasteiger partial charge in [-0.05, 0) is 62.3 Å². The summed E-state index contributed by atoms with van der Waals surface area (Å²) >= 11 is 0. The number of hydrogen-bond acceptors (Lipinski definition) is 9. The zero-order valence-electron chi connectivity index (χ0n) is 27.5. The lowest BCUT2D eigenvalue weighted by molar-refractivity contribution is 0.0705. The van der Waals surface area contributed by atoms with Gasteiger partial charge in [0.15, 0.2) is 0 Å². The molecule has 0 bridgehead atoms. The number of rotatable bonds is 30. The molecule has 0 aromatic heterocycles. The van der Waals surface area contributed by atoms with Gasteiger partial charge in [-0.15, -0.1) is 0 Å². The number of hydrogen-bond donors (Lipinski definition) is 0. The Kier molecular flexibility index (Phi) is 25.2. The molecule has 0 rings (SSSR count). The maximum absolute atomic E-state index is 6.13. The highest BCUT2D eigenvalue weighted by Gasteiger charge is 2.42. The van der Waals surface area contributed by atoms with E-state index < -0.39 is 35.2 Å². The third-order valence-corrected chi connectivity index (χ3v) is 19.7. The fourth-order valence-electron chi connectivity index (χ4n) is 5.26. The van der Waals surface area contributed by atoms with Crippen LogP contribution in [0.2, 0.25) is 36.3 Å². The highest BCUT2D eigenvalue weighted by Crippen LogP contribution is 2.28. The van der Waals surface area contributed by atoms with Gasteiger partial charge in [0.25, 0.3) is 0 Å². The summed E-state index contributed by atoms with van der Waals surface area (Å²) in [4.78, 5) is 0. The lowest BCUT2D eigenvalue weighted by atomic mass is 10.5. The molecule has 0 saturated heterocycles. The molecule has 0 aliphatic rings. The first kappa shape index (κ1) is 40.5. The lowest BCUT2D eigenvalue weighted by Gasteiger charge is -2.30. The minimum Gasteiger partial charge on any atom is -0.374 e. The molecule has 0 N–H and O–H groups in total. The van der Waals surface area contributed by atoms with Crippen LogP contribution in [0.1, 0.15) is 81.6 Å². The first-order valence-electron chi connectivity index (χ1n) is 16.1. The molecule has 0 unspecified atom stereocenters. The van der Waals surface area contributed by atoms with Gasteiger partial charge in [0, 0.05) is 86.4 Å². The van der Waals surface area contributed by atoms with Crippen LogP contribution in [-0.2, 0) is 39.8 Å². The van der Waals surface area contributed by atoms with Crippen LogP contribution in [0.5, 0.6) is 0 Å². The fourth-order valence-corrected chi connectivity index (χ4v) is 17.6. The van der Waals surface area contributed by atoms with Crippen LogP contribution in [0.3, 0.4) is 0 Å². The topological polar surface area (TPSA) is 83.1 Å². The second kappa shape index (κ2) is 24.9. The Labute approximate surface area is 251 Å². The first-order chi connectivity index (χ1) is 19.3. The monoisotopic (exact) mass is 644 g/mol. The van der Waals surface area contributed by atoms with Crippen LogP contribution < -0.4 is 0 Å². The van der Waals surface area contributed by atoms with Gasteiger partial charge in [-0.1, -0.05) is 37.4 Å².